The molecule has 1 amide bonds. The number of nitrogens with two attached hydrogens (primary N) is 1. The molecule has 4 heteroatoms. The molecular weight excluding hydrogens is 178 g/mol. The number of carbonyl (C=O) groups excluding carboxylic acids is 1. The maximum Gasteiger partial charge on any atom is 0.236 e. The highest BCUT2D eigenvalue weighted by Crippen LogP contribution is 2.16. The van der Waals surface area contributed by atoms with Crippen molar-refractivity contribution >= 4 is 5.91 Å². The van der Waals surface area contributed by atoms with E-state index < -0.39 is 0 Å². The maximum absolute atomic E-state index is 11.3. The third-order valence-electron chi connectivity index (χ3n) is 2.99. The third kappa shape index (κ3) is 2.69. The van der Waals surface area contributed by atoms with Crippen LogP contribution in [0.5, 0.6) is 0 Å². The van der Waals surface area contributed by atoms with E-state index in [1.165, 1.54) is 19.4 Å². The zero-order chi connectivity index (χ0) is 10.6. The molecule has 1 saturated heterocycles. The molecule has 1 aliphatic rings. The molecule has 0 aliphatic carbocycles. The SMILES string of the molecule is CCN1CCCC1CN(C)C(=O)CN. The molecule has 0 radical (unpaired) electrons. The van der Waals surface area contributed by atoms with Gasteiger partial charge in [0, 0.05) is 19.6 Å². The molecule has 1 heterocycles. The summed E-state index contributed by atoms with van der Waals surface area (Å²) in [5.41, 5.74) is 5.31. The van der Waals surface area contributed by atoms with Gasteiger partial charge in [-0.15, -0.1) is 0 Å². The molecule has 1 aliphatic heterocycles. The van der Waals surface area contributed by atoms with Crippen molar-refractivity contribution in [3.8, 4) is 0 Å². The van der Waals surface area contributed by atoms with Gasteiger partial charge in [-0.25, -0.2) is 0 Å². The first kappa shape index (κ1) is 11.5. The van der Waals surface area contributed by atoms with Crippen molar-refractivity contribution in [1.82, 2.24) is 9.80 Å². The minimum Gasteiger partial charge on any atom is -0.343 e. The van der Waals surface area contributed by atoms with Crippen LogP contribution >= 0.6 is 0 Å². The van der Waals surface area contributed by atoms with Crippen LogP contribution in [-0.2, 0) is 4.79 Å². The number of hydrogen-bond donors (Lipinski definition) is 1. The number of hydrogen-bond acceptors (Lipinski definition) is 3. The van der Waals surface area contributed by atoms with E-state index in [1.807, 2.05) is 7.05 Å². The Labute approximate surface area is 86.0 Å². The van der Waals surface area contributed by atoms with Gasteiger partial charge in [0.2, 0.25) is 5.91 Å². The Kier molecular flexibility index (Phi) is 4.35. The quantitative estimate of drug-likeness (QED) is 0.687. The zero-order valence-electron chi connectivity index (χ0n) is 9.20. The second-order valence-corrected chi connectivity index (χ2v) is 3.90. The Morgan fingerprint density at radius 2 is 2.36 bits per heavy atom. The molecule has 0 saturated carbocycles. The van der Waals surface area contributed by atoms with Crippen molar-refractivity contribution in [3.05, 3.63) is 0 Å². The molecule has 0 aromatic rings. The molecule has 0 spiro atoms. The van der Waals surface area contributed by atoms with Gasteiger partial charge in [-0.3, -0.25) is 9.69 Å². The maximum atomic E-state index is 11.3. The van der Waals surface area contributed by atoms with E-state index in [2.05, 4.69) is 11.8 Å². The Morgan fingerprint density at radius 1 is 1.64 bits per heavy atom. The van der Waals surface area contributed by atoms with E-state index in [0.29, 0.717) is 6.04 Å². The van der Waals surface area contributed by atoms with Crippen LogP contribution in [0.25, 0.3) is 0 Å². The van der Waals surface area contributed by atoms with Gasteiger partial charge in [0.15, 0.2) is 0 Å². The smallest absolute Gasteiger partial charge is 0.236 e. The van der Waals surface area contributed by atoms with E-state index in [0.717, 1.165) is 13.1 Å². The summed E-state index contributed by atoms with van der Waals surface area (Å²) in [4.78, 5) is 15.5. The topological polar surface area (TPSA) is 49.6 Å². The van der Waals surface area contributed by atoms with Crippen LogP contribution in [-0.4, -0.2) is 55.0 Å². The molecule has 14 heavy (non-hydrogen) atoms. The van der Waals surface area contributed by atoms with E-state index in [4.69, 9.17) is 5.73 Å². The van der Waals surface area contributed by atoms with E-state index in [1.54, 1.807) is 4.90 Å². The molecule has 4 nitrogen and oxygen atoms in total. The first-order valence-corrected chi connectivity index (χ1v) is 5.37. The molecule has 1 fully saturated rings. The van der Waals surface area contributed by atoms with E-state index in [-0.39, 0.29) is 12.5 Å². The van der Waals surface area contributed by atoms with Gasteiger partial charge in [-0.05, 0) is 25.9 Å². The predicted molar refractivity (Wildman–Crippen MR) is 57.0 cm³/mol. The normalized spacial score (nSPS) is 22.6. The minimum atomic E-state index is 0.0351. The first-order valence-electron chi connectivity index (χ1n) is 5.37. The lowest BCUT2D eigenvalue weighted by atomic mass is 10.2. The molecule has 1 atom stereocenters. The van der Waals surface area contributed by atoms with Crippen LogP contribution in [0.1, 0.15) is 19.8 Å². The second kappa shape index (κ2) is 5.32. The molecular formula is C10H21N3O. The number of nitrogens with zero attached hydrogens (tertiary/aromatic N) is 2. The van der Waals surface area contributed by atoms with Crippen molar-refractivity contribution in [2.45, 2.75) is 25.8 Å². The van der Waals surface area contributed by atoms with Crippen molar-refractivity contribution in [2.75, 3.05) is 33.2 Å². The Hall–Kier alpha value is -0.610. The van der Waals surface area contributed by atoms with Crippen molar-refractivity contribution in [1.29, 1.82) is 0 Å². The summed E-state index contributed by atoms with van der Waals surface area (Å²) in [6.07, 6.45) is 2.46. The summed E-state index contributed by atoms with van der Waals surface area (Å²) in [6, 6.07) is 0.542. The average molecular weight is 199 g/mol. The summed E-state index contributed by atoms with van der Waals surface area (Å²) in [5.74, 6) is 0.0351. The number of rotatable bonds is 4. The fourth-order valence-electron chi connectivity index (χ4n) is 2.09. The van der Waals surface area contributed by atoms with Gasteiger partial charge in [0.05, 0.1) is 6.54 Å². The molecule has 0 aromatic heterocycles. The Morgan fingerprint density at radius 3 is 2.93 bits per heavy atom. The number of amides is 1. The van der Waals surface area contributed by atoms with Crippen LogP contribution < -0.4 is 5.73 Å². The average Bonchev–Trinajstić information content (AvgIpc) is 2.63. The summed E-state index contributed by atoms with van der Waals surface area (Å²) in [5, 5.41) is 0. The van der Waals surface area contributed by atoms with E-state index in [9.17, 15) is 4.79 Å². The van der Waals surface area contributed by atoms with E-state index >= 15 is 0 Å². The van der Waals surface area contributed by atoms with Crippen LogP contribution in [0.2, 0.25) is 0 Å². The van der Waals surface area contributed by atoms with Crippen LogP contribution in [0.15, 0.2) is 0 Å². The van der Waals surface area contributed by atoms with Gasteiger partial charge in [0.1, 0.15) is 0 Å². The van der Waals surface area contributed by atoms with Crippen molar-refractivity contribution in [2.24, 2.45) is 5.73 Å². The van der Waals surface area contributed by atoms with Gasteiger partial charge in [-0.1, -0.05) is 6.92 Å². The lowest BCUT2D eigenvalue weighted by Gasteiger charge is -2.27. The fraction of sp³-hybridized carbons (Fsp3) is 0.900. The highest BCUT2D eigenvalue weighted by molar-refractivity contribution is 5.77. The van der Waals surface area contributed by atoms with Gasteiger partial charge in [0.25, 0.3) is 0 Å². The molecule has 1 unspecified atom stereocenters. The molecule has 0 bridgehead atoms. The molecule has 82 valence electrons. The largest absolute Gasteiger partial charge is 0.343 e. The van der Waals surface area contributed by atoms with Crippen LogP contribution in [0, 0.1) is 0 Å². The number of likely N-dealkylation sites (tertiary alicyclic amines) is 1. The van der Waals surface area contributed by atoms with Gasteiger partial charge < -0.3 is 10.6 Å². The summed E-state index contributed by atoms with van der Waals surface area (Å²) < 4.78 is 0. The van der Waals surface area contributed by atoms with Crippen molar-refractivity contribution in [3.63, 3.8) is 0 Å². The summed E-state index contributed by atoms with van der Waals surface area (Å²) >= 11 is 0. The fourth-order valence-corrected chi connectivity index (χ4v) is 2.09. The Bertz CT molecular complexity index is 196. The lowest BCUT2D eigenvalue weighted by Crippen LogP contribution is -2.43. The second-order valence-electron chi connectivity index (χ2n) is 3.90. The first-order chi connectivity index (χ1) is 6.69. The van der Waals surface area contributed by atoms with Crippen LogP contribution in [0.4, 0.5) is 0 Å². The molecule has 1 rings (SSSR count). The van der Waals surface area contributed by atoms with Gasteiger partial charge >= 0.3 is 0 Å². The lowest BCUT2D eigenvalue weighted by molar-refractivity contribution is -0.129. The third-order valence-corrected chi connectivity index (χ3v) is 2.99. The Balaban J connectivity index is 2.39. The molecule has 2 N–H and O–H groups in total. The predicted octanol–water partition coefficient (Wildman–Crippen LogP) is -0.112. The highest BCUT2D eigenvalue weighted by Gasteiger charge is 2.24. The minimum absolute atomic E-state index is 0.0351. The standard InChI is InChI=1S/C10H21N3O/c1-3-13-6-4-5-9(13)8-12(2)10(14)7-11/h9H,3-8,11H2,1-2H3. The monoisotopic (exact) mass is 199 g/mol. The summed E-state index contributed by atoms with van der Waals surface area (Å²) in [7, 11) is 1.83. The molecule has 0 aromatic carbocycles. The number of carbonyl (C=O) groups is 1. The number of likely N-dealkylation sites (N-methyl/N-ethyl adjacent to an activating group) is 2. The summed E-state index contributed by atoms with van der Waals surface area (Å²) in [6.45, 7) is 5.36. The van der Waals surface area contributed by atoms with Crippen molar-refractivity contribution < 1.29 is 4.79 Å². The zero-order valence-corrected chi connectivity index (χ0v) is 9.20. The van der Waals surface area contributed by atoms with Gasteiger partial charge in [-0.2, -0.15) is 0 Å². The van der Waals surface area contributed by atoms with Crippen LogP contribution in [0.3, 0.4) is 0 Å². The highest BCUT2D eigenvalue weighted by atomic mass is 16.2.